The van der Waals surface area contributed by atoms with E-state index in [4.69, 9.17) is 13.9 Å². The summed E-state index contributed by atoms with van der Waals surface area (Å²) < 4.78 is 29.5. The molecule has 0 aliphatic heterocycles. The van der Waals surface area contributed by atoms with Crippen molar-refractivity contribution in [2.24, 2.45) is 0 Å². The molecular formula is C18H15FN2O4S. The molecule has 26 heavy (non-hydrogen) atoms. The number of carbonyl (C=O) groups is 1. The Labute approximate surface area is 153 Å². The molecule has 0 atom stereocenters. The highest BCUT2D eigenvalue weighted by atomic mass is 32.2. The number of Topliss-reactive ketones (excluding diaryl/α,β-unsaturated/α-hetero) is 1. The van der Waals surface area contributed by atoms with E-state index in [1.165, 1.54) is 20.3 Å². The molecule has 3 rings (SSSR count). The molecule has 0 N–H and O–H groups in total. The lowest BCUT2D eigenvalue weighted by molar-refractivity contribution is 0.101. The second kappa shape index (κ2) is 8.01. The summed E-state index contributed by atoms with van der Waals surface area (Å²) in [6, 6.07) is 11.1. The second-order valence-corrected chi connectivity index (χ2v) is 6.06. The first kappa shape index (κ1) is 17.9. The van der Waals surface area contributed by atoms with E-state index in [0.717, 1.165) is 11.8 Å². The first-order valence-corrected chi connectivity index (χ1v) is 8.57. The molecule has 8 heteroatoms. The van der Waals surface area contributed by atoms with Gasteiger partial charge in [0.2, 0.25) is 0 Å². The molecule has 0 bridgehead atoms. The largest absolute Gasteiger partial charge is 0.497 e. The number of hydrogen-bond donors (Lipinski definition) is 0. The molecule has 0 aliphatic carbocycles. The lowest BCUT2D eigenvalue weighted by Crippen LogP contribution is -2.05. The molecule has 3 aromatic rings. The average Bonchev–Trinajstić information content (AvgIpc) is 3.14. The molecule has 0 fully saturated rings. The molecule has 0 aliphatic rings. The molecule has 0 radical (unpaired) electrons. The third-order valence-corrected chi connectivity index (χ3v) is 4.37. The monoisotopic (exact) mass is 374 g/mol. The third kappa shape index (κ3) is 3.85. The fraction of sp³-hybridized carbons (Fsp3) is 0.167. The van der Waals surface area contributed by atoms with E-state index in [9.17, 15) is 9.18 Å². The van der Waals surface area contributed by atoms with Crippen molar-refractivity contribution in [1.29, 1.82) is 0 Å². The Morgan fingerprint density at radius 1 is 1.15 bits per heavy atom. The van der Waals surface area contributed by atoms with Crippen LogP contribution in [0.2, 0.25) is 0 Å². The third-order valence-electron chi connectivity index (χ3n) is 3.55. The summed E-state index contributed by atoms with van der Waals surface area (Å²) in [5, 5.41) is 7.85. The van der Waals surface area contributed by atoms with E-state index in [-0.39, 0.29) is 28.2 Å². The number of ether oxygens (including phenoxy) is 2. The van der Waals surface area contributed by atoms with Gasteiger partial charge in [-0.25, -0.2) is 4.39 Å². The van der Waals surface area contributed by atoms with Crippen LogP contribution in [0.15, 0.2) is 52.1 Å². The fourth-order valence-electron chi connectivity index (χ4n) is 2.25. The van der Waals surface area contributed by atoms with E-state index in [1.54, 1.807) is 36.4 Å². The zero-order chi connectivity index (χ0) is 18.5. The van der Waals surface area contributed by atoms with E-state index in [0.29, 0.717) is 17.1 Å². The van der Waals surface area contributed by atoms with Gasteiger partial charge < -0.3 is 13.9 Å². The van der Waals surface area contributed by atoms with Gasteiger partial charge in [0.05, 0.1) is 31.1 Å². The molecule has 134 valence electrons. The van der Waals surface area contributed by atoms with E-state index < -0.39 is 5.82 Å². The zero-order valence-corrected chi connectivity index (χ0v) is 14.9. The molecule has 1 aromatic heterocycles. The van der Waals surface area contributed by atoms with Crippen LogP contribution in [0.25, 0.3) is 11.5 Å². The van der Waals surface area contributed by atoms with Crippen molar-refractivity contribution >= 4 is 17.5 Å². The Kier molecular flexibility index (Phi) is 5.52. The maximum absolute atomic E-state index is 13.8. The Morgan fingerprint density at radius 3 is 2.69 bits per heavy atom. The van der Waals surface area contributed by atoms with Gasteiger partial charge in [0, 0.05) is 6.07 Å². The van der Waals surface area contributed by atoms with Crippen LogP contribution >= 0.6 is 11.8 Å². The maximum Gasteiger partial charge on any atom is 0.277 e. The van der Waals surface area contributed by atoms with Crippen LogP contribution in [0, 0.1) is 5.82 Å². The number of aromatic nitrogens is 2. The summed E-state index contributed by atoms with van der Waals surface area (Å²) in [6.07, 6.45) is 0. The highest BCUT2D eigenvalue weighted by Gasteiger charge is 2.17. The van der Waals surface area contributed by atoms with Gasteiger partial charge >= 0.3 is 0 Å². The summed E-state index contributed by atoms with van der Waals surface area (Å²) in [7, 11) is 3.02. The fourth-order valence-corrected chi connectivity index (χ4v) is 2.89. The number of hydrogen-bond acceptors (Lipinski definition) is 7. The number of thioether (sulfide) groups is 1. The van der Waals surface area contributed by atoms with Crippen LogP contribution in [0.4, 0.5) is 4.39 Å². The van der Waals surface area contributed by atoms with Crippen molar-refractivity contribution in [2.45, 2.75) is 5.22 Å². The Hall–Kier alpha value is -2.87. The molecule has 0 amide bonds. The van der Waals surface area contributed by atoms with Crippen molar-refractivity contribution in [3.8, 4) is 23.0 Å². The van der Waals surface area contributed by atoms with Crippen LogP contribution in [0.1, 0.15) is 10.4 Å². The van der Waals surface area contributed by atoms with Gasteiger partial charge in [-0.15, -0.1) is 10.2 Å². The number of rotatable bonds is 7. The summed E-state index contributed by atoms with van der Waals surface area (Å²) >= 11 is 1.07. The molecular weight excluding hydrogens is 359 g/mol. The van der Waals surface area contributed by atoms with Gasteiger partial charge in [0.15, 0.2) is 5.78 Å². The summed E-state index contributed by atoms with van der Waals surface area (Å²) in [4.78, 5) is 12.4. The Bertz CT molecular complexity index is 929. The summed E-state index contributed by atoms with van der Waals surface area (Å²) in [5.74, 6) is 0.540. The smallest absolute Gasteiger partial charge is 0.277 e. The number of ketones is 1. The molecule has 0 unspecified atom stereocenters. The van der Waals surface area contributed by atoms with Crippen molar-refractivity contribution in [2.75, 3.05) is 20.0 Å². The molecule has 0 saturated heterocycles. The molecule has 0 spiro atoms. The van der Waals surface area contributed by atoms with Gasteiger partial charge in [0.1, 0.15) is 17.3 Å². The summed E-state index contributed by atoms with van der Waals surface area (Å²) in [6.45, 7) is 0. The van der Waals surface area contributed by atoms with Crippen LogP contribution in [0.3, 0.4) is 0 Å². The van der Waals surface area contributed by atoms with E-state index in [2.05, 4.69) is 10.2 Å². The molecule has 2 aromatic carbocycles. The average molecular weight is 374 g/mol. The number of benzene rings is 2. The van der Waals surface area contributed by atoms with E-state index in [1.807, 2.05) is 0 Å². The maximum atomic E-state index is 13.8. The lowest BCUT2D eigenvalue weighted by Gasteiger charge is -2.08. The quantitative estimate of drug-likeness (QED) is 0.459. The highest BCUT2D eigenvalue weighted by Crippen LogP contribution is 2.28. The lowest BCUT2D eigenvalue weighted by atomic mass is 10.1. The highest BCUT2D eigenvalue weighted by molar-refractivity contribution is 7.99. The number of methoxy groups -OCH3 is 2. The molecule has 0 saturated carbocycles. The first-order valence-electron chi connectivity index (χ1n) is 7.59. The number of carbonyl (C=O) groups excluding carboxylic acids is 1. The minimum atomic E-state index is -0.452. The van der Waals surface area contributed by atoms with Crippen molar-refractivity contribution < 1.29 is 23.1 Å². The van der Waals surface area contributed by atoms with Crippen LogP contribution in [-0.4, -0.2) is 36.0 Å². The Morgan fingerprint density at radius 2 is 1.96 bits per heavy atom. The van der Waals surface area contributed by atoms with Crippen molar-refractivity contribution in [3.05, 3.63) is 53.8 Å². The topological polar surface area (TPSA) is 74.5 Å². The summed E-state index contributed by atoms with van der Waals surface area (Å²) in [5.41, 5.74) is 0.643. The van der Waals surface area contributed by atoms with Crippen molar-refractivity contribution in [1.82, 2.24) is 10.2 Å². The number of nitrogens with zero attached hydrogens (tertiary/aromatic N) is 2. The zero-order valence-electron chi connectivity index (χ0n) is 14.1. The van der Waals surface area contributed by atoms with Gasteiger partial charge in [-0.2, -0.15) is 0 Å². The van der Waals surface area contributed by atoms with Gasteiger partial charge in [-0.1, -0.05) is 23.9 Å². The normalized spacial score (nSPS) is 10.6. The molecule has 6 nitrogen and oxygen atoms in total. The molecule has 1 heterocycles. The van der Waals surface area contributed by atoms with Crippen molar-refractivity contribution in [3.63, 3.8) is 0 Å². The van der Waals surface area contributed by atoms with Gasteiger partial charge in [0.25, 0.3) is 11.1 Å². The van der Waals surface area contributed by atoms with Crippen LogP contribution < -0.4 is 9.47 Å². The van der Waals surface area contributed by atoms with Gasteiger partial charge in [-0.05, 0) is 24.3 Å². The predicted molar refractivity (Wildman–Crippen MR) is 94.3 cm³/mol. The van der Waals surface area contributed by atoms with Gasteiger partial charge in [-0.3, -0.25) is 4.79 Å². The van der Waals surface area contributed by atoms with E-state index >= 15 is 0 Å². The standard InChI is InChI=1S/C18H15FN2O4S/c1-23-11-7-8-13(16(9-11)24-2)15(22)10-26-18-21-20-17(25-18)12-5-3-4-6-14(12)19/h3-9H,10H2,1-2H3. The minimum absolute atomic E-state index is 0.0695. The first-order chi connectivity index (χ1) is 12.6. The second-order valence-electron chi connectivity index (χ2n) is 5.13. The number of halogens is 1. The van der Waals surface area contributed by atoms with Crippen LogP contribution in [0.5, 0.6) is 11.5 Å². The van der Waals surface area contributed by atoms with Crippen LogP contribution in [-0.2, 0) is 0 Å². The Balaban J connectivity index is 1.70. The minimum Gasteiger partial charge on any atom is -0.497 e. The SMILES string of the molecule is COc1ccc(C(=O)CSc2nnc(-c3ccccc3F)o2)c(OC)c1. The predicted octanol–water partition coefficient (Wildman–Crippen LogP) is 3.87.